The quantitative estimate of drug-likeness (QED) is 0.426. The number of carbonyl (C=O) groups is 1. The average molecular weight is 353 g/mol. The number of halogens is 1. The van der Waals surface area contributed by atoms with Crippen molar-refractivity contribution in [3.63, 3.8) is 0 Å². The van der Waals surface area contributed by atoms with Gasteiger partial charge in [-0.15, -0.1) is 11.3 Å². The molecular formula is C20H13ClO2S. The third kappa shape index (κ3) is 2.37. The highest BCUT2D eigenvalue weighted by Crippen LogP contribution is 2.38. The van der Waals surface area contributed by atoms with E-state index in [-0.39, 0.29) is 5.78 Å². The summed E-state index contributed by atoms with van der Waals surface area (Å²) in [6.07, 6.45) is 0. The highest BCUT2D eigenvalue weighted by atomic mass is 35.5. The molecule has 4 aromatic rings. The molecular weight excluding hydrogens is 340 g/mol. The first-order valence-corrected chi connectivity index (χ1v) is 8.67. The minimum absolute atomic E-state index is 0.0456. The van der Waals surface area contributed by atoms with E-state index in [1.165, 1.54) is 0 Å². The van der Waals surface area contributed by atoms with Crippen LogP contribution in [-0.4, -0.2) is 12.9 Å². The van der Waals surface area contributed by atoms with Crippen LogP contribution < -0.4 is 4.74 Å². The maximum absolute atomic E-state index is 12.9. The fourth-order valence-electron chi connectivity index (χ4n) is 2.89. The van der Waals surface area contributed by atoms with Crippen LogP contribution in [0.25, 0.3) is 20.2 Å². The van der Waals surface area contributed by atoms with E-state index in [1.807, 2.05) is 48.5 Å². The Morgan fingerprint density at radius 1 is 1.00 bits per heavy atom. The van der Waals surface area contributed by atoms with E-state index < -0.39 is 0 Å². The smallest absolute Gasteiger partial charge is 0.196 e. The molecule has 0 aliphatic heterocycles. The molecule has 24 heavy (non-hydrogen) atoms. The van der Waals surface area contributed by atoms with Crippen LogP contribution in [0.3, 0.4) is 0 Å². The Labute approximate surface area is 148 Å². The summed E-state index contributed by atoms with van der Waals surface area (Å²) in [5.41, 5.74) is 1.21. The summed E-state index contributed by atoms with van der Waals surface area (Å²) >= 11 is 7.94. The van der Waals surface area contributed by atoms with E-state index in [2.05, 4.69) is 0 Å². The lowest BCUT2D eigenvalue weighted by Gasteiger charge is -2.07. The second-order valence-corrected chi connectivity index (χ2v) is 6.92. The Kier molecular flexibility index (Phi) is 3.75. The Morgan fingerprint density at radius 2 is 1.83 bits per heavy atom. The molecule has 118 valence electrons. The lowest BCUT2D eigenvalue weighted by molar-refractivity contribution is 0.103. The van der Waals surface area contributed by atoms with Gasteiger partial charge in [-0.2, -0.15) is 0 Å². The number of hydrogen-bond acceptors (Lipinski definition) is 3. The van der Waals surface area contributed by atoms with Gasteiger partial charge in [0.15, 0.2) is 5.78 Å². The zero-order valence-electron chi connectivity index (χ0n) is 12.9. The van der Waals surface area contributed by atoms with E-state index in [1.54, 1.807) is 30.6 Å². The van der Waals surface area contributed by atoms with Gasteiger partial charge in [0.2, 0.25) is 0 Å². The summed E-state index contributed by atoms with van der Waals surface area (Å²) < 4.78 is 7.48. The van der Waals surface area contributed by atoms with E-state index in [4.69, 9.17) is 16.3 Å². The minimum atomic E-state index is -0.0456. The van der Waals surface area contributed by atoms with E-state index in [0.717, 1.165) is 25.2 Å². The Morgan fingerprint density at radius 3 is 2.67 bits per heavy atom. The minimum Gasteiger partial charge on any atom is -0.496 e. The van der Waals surface area contributed by atoms with Crippen LogP contribution >= 0.6 is 22.9 Å². The summed E-state index contributed by atoms with van der Waals surface area (Å²) in [6, 6.07) is 18.9. The van der Waals surface area contributed by atoms with Gasteiger partial charge in [-0.3, -0.25) is 4.79 Å². The SMILES string of the molecule is COc1ccccc1C(=O)c1ccc2sc3c(Cl)cccc3c2c1. The molecule has 0 spiro atoms. The molecule has 0 amide bonds. The first kappa shape index (κ1) is 15.2. The van der Waals surface area contributed by atoms with E-state index >= 15 is 0 Å². The summed E-state index contributed by atoms with van der Waals surface area (Å²) in [6.45, 7) is 0. The monoisotopic (exact) mass is 352 g/mol. The zero-order valence-corrected chi connectivity index (χ0v) is 14.4. The number of hydrogen-bond donors (Lipinski definition) is 0. The number of ketones is 1. The molecule has 0 unspecified atom stereocenters. The van der Waals surface area contributed by atoms with E-state index in [0.29, 0.717) is 16.9 Å². The number of thiophene rings is 1. The summed E-state index contributed by atoms with van der Waals surface area (Å²) in [5.74, 6) is 0.538. The molecule has 1 heterocycles. The molecule has 0 saturated heterocycles. The molecule has 0 aliphatic rings. The van der Waals surface area contributed by atoms with Crippen LogP contribution in [0.15, 0.2) is 60.7 Å². The maximum Gasteiger partial charge on any atom is 0.196 e. The molecule has 4 rings (SSSR count). The van der Waals surface area contributed by atoms with Gasteiger partial charge in [0.1, 0.15) is 5.75 Å². The van der Waals surface area contributed by atoms with Crippen molar-refractivity contribution in [2.45, 2.75) is 0 Å². The first-order chi connectivity index (χ1) is 11.7. The second-order valence-electron chi connectivity index (χ2n) is 5.46. The molecule has 0 radical (unpaired) electrons. The zero-order chi connectivity index (χ0) is 16.7. The molecule has 0 bridgehead atoms. The fourth-order valence-corrected chi connectivity index (χ4v) is 4.27. The summed E-state index contributed by atoms with van der Waals surface area (Å²) in [5, 5.41) is 2.88. The predicted octanol–water partition coefficient (Wildman–Crippen LogP) is 5.95. The van der Waals surface area contributed by atoms with Crippen molar-refractivity contribution in [2.75, 3.05) is 7.11 Å². The molecule has 4 heteroatoms. The third-order valence-electron chi connectivity index (χ3n) is 4.06. The molecule has 2 nitrogen and oxygen atoms in total. The molecule has 3 aromatic carbocycles. The number of ether oxygens (including phenoxy) is 1. The predicted molar refractivity (Wildman–Crippen MR) is 101 cm³/mol. The molecule has 0 fully saturated rings. The Hall–Kier alpha value is -2.36. The molecule has 0 atom stereocenters. The standard InChI is InChI=1S/C20H13ClO2S/c1-23-17-8-3-2-5-14(17)19(22)12-9-10-18-15(11-12)13-6-4-7-16(21)20(13)24-18/h2-11H,1H3. The van der Waals surface area contributed by atoms with Crippen molar-refractivity contribution in [3.8, 4) is 5.75 Å². The molecule has 1 aromatic heterocycles. The van der Waals surface area contributed by atoms with Crippen LogP contribution in [0.2, 0.25) is 5.02 Å². The van der Waals surface area contributed by atoms with Crippen molar-refractivity contribution >= 4 is 48.9 Å². The summed E-state index contributed by atoms with van der Waals surface area (Å²) in [4.78, 5) is 12.9. The van der Waals surface area contributed by atoms with Gasteiger partial charge in [-0.1, -0.05) is 35.9 Å². The van der Waals surface area contributed by atoms with Crippen LogP contribution in [0, 0.1) is 0 Å². The van der Waals surface area contributed by atoms with Gasteiger partial charge in [0, 0.05) is 21.0 Å². The van der Waals surface area contributed by atoms with E-state index in [9.17, 15) is 4.79 Å². The van der Waals surface area contributed by atoms with Gasteiger partial charge >= 0.3 is 0 Å². The Balaban J connectivity index is 1.90. The fraction of sp³-hybridized carbons (Fsp3) is 0.0500. The average Bonchev–Trinajstić information content (AvgIpc) is 3.00. The highest BCUT2D eigenvalue weighted by Gasteiger charge is 2.16. The molecule has 0 saturated carbocycles. The van der Waals surface area contributed by atoms with Crippen LogP contribution in [0.5, 0.6) is 5.75 Å². The van der Waals surface area contributed by atoms with Gasteiger partial charge in [-0.05, 0) is 36.4 Å². The molecule has 0 N–H and O–H groups in total. The maximum atomic E-state index is 12.9. The van der Waals surface area contributed by atoms with Crippen molar-refractivity contribution in [3.05, 3.63) is 76.8 Å². The van der Waals surface area contributed by atoms with Crippen molar-refractivity contribution in [2.24, 2.45) is 0 Å². The lowest BCUT2D eigenvalue weighted by atomic mass is 10.0. The Bertz CT molecular complexity index is 1080. The summed E-state index contributed by atoms with van der Waals surface area (Å²) in [7, 11) is 1.57. The molecule has 0 aliphatic carbocycles. The first-order valence-electron chi connectivity index (χ1n) is 7.47. The van der Waals surface area contributed by atoms with Gasteiger partial charge < -0.3 is 4.74 Å². The highest BCUT2D eigenvalue weighted by molar-refractivity contribution is 7.26. The normalized spacial score (nSPS) is 11.1. The van der Waals surface area contributed by atoms with Gasteiger partial charge in [0.25, 0.3) is 0 Å². The lowest BCUT2D eigenvalue weighted by Crippen LogP contribution is -2.03. The van der Waals surface area contributed by atoms with Crippen LogP contribution in [0.4, 0.5) is 0 Å². The van der Waals surface area contributed by atoms with Gasteiger partial charge in [-0.25, -0.2) is 0 Å². The number of carbonyl (C=O) groups excluding carboxylic acids is 1. The number of benzene rings is 3. The topological polar surface area (TPSA) is 26.3 Å². The van der Waals surface area contributed by atoms with Gasteiger partial charge in [0.05, 0.1) is 22.4 Å². The second kappa shape index (κ2) is 5.93. The number of methoxy groups -OCH3 is 1. The third-order valence-corrected chi connectivity index (χ3v) is 5.71. The number of para-hydroxylation sites is 1. The van der Waals surface area contributed by atoms with Crippen molar-refractivity contribution in [1.29, 1.82) is 0 Å². The van der Waals surface area contributed by atoms with Crippen LogP contribution in [-0.2, 0) is 0 Å². The van der Waals surface area contributed by atoms with Crippen LogP contribution in [0.1, 0.15) is 15.9 Å². The largest absolute Gasteiger partial charge is 0.496 e. The van der Waals surface area contributed by atoms with Crippen molar-refractivity contribution < 1.29 is 9.53 Å². The number of fused-ring (bicyclic) bond motifs is 3. The number of rotatable bonds is 3. The van der Waals surface area contributed by atoms with Crippen molar-refractivity contribution in [1.82, 2.24) is 0 Å².